The second kappa shape index (κ2) is 9.25. The number of ether oxygens (including phenoxy) is 1. The van der Waals surface area contributed by atoms with Crippen molar-refractivity contribution in [3.8, 4) is 5.75 Å². The molecule has 0 aliphatic rings. The van der Waals surface area contributed by atoms with Crippen molar-refractivity contribution in [3.05, 3.63) is 64.7 Å². The normalized spacial score (nSPS) is 11.5. The molecule has 0 fully saturated rings. The maximum absolute atomic E-state index is 12.9. The van der Waals surface area contributed by atoms with E-state index in [1.54, 1.807) is 38.1 Å². The Hall–Kier alpha value is -2.53. The van der Waals surface area contributed by atoms with Gasteiger partial charge in [-0.3, -0.25) is 9.59 Å². The summed E-state index contributed by atoms with van der Waals surface area (Å²) in [5.41, 5.74) is 1.73. The molecular weight excluding hydrogens is 352 g/mol. The molecule has 0 aliphatic carbocycles. The van der Waals surface area contributed by atoms with E-state index < -0.39 is 6.04 Å². The first-order valence-corrected chi connectivity index (χ1v) is 8.71. The van der Waals surface area contributed by atoms with Crippen molar-refractivity contribution >= 4 is 23.4 Å². The van der Waals surface area contributed by atoms with Crippen molar-refractivity contribution in [2.24, 2.45) is 0 Å². The van der Waals surface area contributed by atoms with Crippen LogP contribution in [-0.2, 0) is 22.6 Å². The minimum atomic E-state index is -0.593. The van der Waals surface area contributed by atoms with E-state index in [2.05, 4.69) is 5.32 Å². The highest BCUT2D eigenvalue weighted by atomic mass is 35.5. The van der Waals surface area contributed by atoms with Crippen molar-refractivity contribution in [3.63, 3.8) is 0 Å². The molecule has 0 heterocycles. The average molecular weight is 375 g/mol. The van der Waals surface area contributed by atoms with E-state index in [0.29, 0.717) is 11.6 Å². The van der Waals surface area contributed by atoms with Gasteiger partial charge < -0.3 is 15.0 Å². The smallest absolute Gasteiger partial charge is 0.242 e. The summed E-state index contributed by atoms with van der Waals surface area (Å²) in [5, 5.41) is 3.20. The van der Waals surface area contributed by atoms with Crippen LogP contribution in [0.15, 0.2) is 48.5 Å². The second-order valence-electron chi connectivity index (χ2n) is 5.97. The molecular formula is C20H23ClN2O3. The zero-order valence-electron chi connectivity index (χ0n) is 15.2. The van der Waals surface area contributed by atoms with Crippen LogP contribution in [0, 0.1) is 0 Å². The molecule has 0 unspecified atom stereocenters. The Morgan fingerprint density at radius 2 is 1.85 bits per heavy atom. The minimum absolute atomic E-state index is 0.133. The summed E-state index contributed by atoms with van der Waals surface area (Å²) >= 11 is 6.04. The fourth-order valence-electron chi connectivity index (χ4n) is 2.64. The summed E-state index contributed by atoms with van der Waals surface area (Å²) in [4.78, 5) is 26.6. The molecule has 2 rings (SSSR count). The summed E-state index contributed by atoms with van der Waals surface area (Å²) in [6, 6.07) is 14.0. The molecule has 0 bridgehead atoms. The van der Waals surface area contributed by atoms with Gasteiger partial charge in [-0.25, -0.2) is 0 Å². The lowest BCUT2D eigenvalue weighted by molar-refractivity contribution is -0.139. The summed E-state index contributed by atoms with van der Waals surface area (Å²) < 4.78 is 5.14. The lowest BCUT2D eigenvalue weighted by Gasteiger charge is -2.28. The number of nitrogens with one attached hydrogen (secondary N) is 1. The van der Waals surface area contributed by atoms with Crippen molar-refractivity contribution in [2.45, 2.75) is 25.9 Å². The standard InChI is InChI=1S/C20H23ClN2O3/c1-14(20(25)22-2)23(13-16-5-4-6-17(21)11-16)19(24)12-15-7-9-18(26-3)10-8-15/h4-11,14H,12-13H2,1-3H3,(H,22,25)/t14-/m0/s1. The lowest BCUT2D eigenvalue weighted by atomic mass is 10.1. The van der Waals surface area contributed by atoms with Crippen LogP contribution in [0.4, 0.5) is 0 Å². The van der Waals surface area contributed by atoms with Gasteiger partial charge in [-0.05, 0) is 42.3 Å². The molecule has 0 aliphatic heterocycles. The van der Waals surface area contributed by atoms with E-state index in [4.69, 9.17) is 16.3 Å². The lowest BCUT2D eigenvalue weighted by Crippen LogP contribution is -2.47. The van der Waals surface area contributed by atoms with Crippen molar-refractivity contribution in [1.29, 1.82) is 0 Å². The van der Waals surface area contributed by atoms with Crippen LogP contribution in [0.2, 0.25) is 5.02 Å². The highest BCUT2D eigenvalue weighted by molar-refractivity contribution is 6.30. The Balaban J connectivity index is 2.20. The number of likely N-dealkylation sites (N-methyl/N-ethyl adjacent to an activating group) is 1. The maximum Gasteiger partial charge on any atom is 0.242 e. The first-order chi connectivity index (χ1) is 12.4. The van der Waals surface area contributed by atoms with Crippen LogP contribution in [0.5, 0.6) is 5.75 Å². The van der Waals surface area contributed by atoms with Crippen molar-refractivity contribution in [2.75, 3.05) is 14.2 Å². The Bertz CT molecular complexity index is 762. The molecule has 0 saturated carbocycles. The van der Waals surface area contributed by atoms with E-state index in [0.717, 1.165) is 16.9 Å². The fourth-order valence-corrected chi connectivity index (χ4v) is 2.86. The zero-order chi connectivity index (χ0) is 19.1. The maximum atomic E-state index is 12.9. The second-order valence-corrected chi connectivity index (χ2v) is 6.40. The quantitative estimate of drug-likeness (QED) is 0.810. The van der Waals surface area contributed by atoms with Crippen LogP contribution in [0.3, 0.4) is 0 Å². The molecule has 2 aromatic rings. The van der Waals surface area contributed by atoms with Crippen molar-refractivity contribution in [1.82, 2.24) is 10.2 Å². The molecule has 2 amide bonds. The molecule has 0 aromatic heterocycles. The average Bonchev–Trinajstić information content (AvgIpc) is 2.65. The highest BCUT2D eigenvalue weighted by Crippen LogP contribution is 2.17. The third-order valence-corrected chi connectivity index (χ3v) is 4.41. The number of amides is 2. The Labute approximate surface area is 158 Å². The van der Waals surface area contributed by atoms with E-state index in [1.807, 2.05) is 36.4 Å². The number of rotatable bonds is 7. The number of nitrogens with zero attached hydrogens (tertiary/aromatic N) is 1. The molecule has 1 atom stereocenters. The Morgan fingerprint density at radius 1 is 1.15 bits per heavy atom. The van der Waals surface area contributed by atoms with Crippen LogP contribution in [-0.4, -0.2) is 36.9 Å². The topological polar surface area (TPSA) is 58.6 Å². The van der Waals surface area contributed by atoms with E-state index in [9.17, 15) is 9.59 Å². The number of methoxy groups -OCH3 is 1. The number of halogens is 1. The molecule has 6 heteroatoms. The predicted molar refractivity (Wildman–Crippen MR) is 102 cm³/mol. The first kappa shape index (κ1) is 19.8. The summed E-state index contributed by atoms with van der Waals surface area (Å²) in [7, 11) is 3.16. The molecule has 0 spiro atoms. The van der Waals surface area contributed by atoms with E-state index >= 15 is 0 Å². The first-order valence-electron chi connectivity index (χ1n) is 8.33. The number of hydrogen-bond donors (Lipinski definition) is 1. The van der Waals surface area contributed by atoms with Crippen LogP contribution in [0.1, 0.15) is 18.1 Å². The number of carbonyl (C=O) groups excluding carboxylic acids is 2. The predicted octanol–water partition coefficient (Wildman–Crippen LogP) is 3.05. The third-order valence-electron chi connectivity index (χ3n) is 4.17. The van der Waals surface area contributed by atoms with Gasteiger partial charge in [0.2, 0.25) is 11.8 Å². The van der Waals surface area contributed by atoms with Gasteiger partial charge >= 0.3 is 0 Å². The van der Waals surface area contributed by atoms with Crippen LogP contribution >= 0.6 is 11.6 Å². The van der Waals surface area contributed by atoms with E-state index in [1.165, 1.54) is 0 Å². The molecule has 5 nitrogen and oxygen atoms in total. The van der Waals surface area contributed by atoms with Crippen LogP contribution in [0.25, 0.3) is 0 Å². The number of benzene rings is 2. The van der Waals surface area contributed by atoms with E-state index in [-0.39, 0.29) is 18.2 Å². The van der Waals surface area contributed by atoms with Gasteiger partial charge in [-0.1, -0.05) is 35.9 Å². The molecule has 0 saturated heterocycles. The summed E-state index contributed by atoms with van der Waals surface area (Å²) in [6.07, 6.45) is 0.200. The molecule has 2 aromatic carbocycles. The largest absolute Gasteiger partial charge is 0.497 e. The Morgan fingerprint density at radius 3 is 2.42 bits per heavy atom. The number of hydrogen-bond acceptors (Lipinski definition) is 3. The SMILES string of the molecule is CNC(=O)[C@H](C)N(Cc1cccc(Cl)c1)C(=O)Cc1ccc(OC)cc1. The summed E-state index contributed by atoms with van der Waals surface area (Å²) in [6.45, 7) is 2.03. The molecule has 138 valence electrons. The molecule has 1 N–H and O–H groups in total. The zero-order valence-corrected chi connectivity index (χ0v) is 15.9. The number of carbonyl (C=O) groups is 2. The Kier molecular flexibility index (Phi) is 7.04. The van der Waals surface area contributed by atoms with Gasteiger partial charge in [0, 0.05) is 18.6 Å². The monoisotopic (exact) mass is 374 g/mol. The minimum Gasteiger partial charge on any atom is -0.497 e. The van der Waals surface area contributed by atoms with Gasteiger partial charge in [-0.15, -0.1) is 0 Å². The molecule has 0 radical (unpaired) electrons. The highest BCUT2D eigenvalue weighted by Gasteiger charge is 2.25. The molecule has 26 heavy (non-hydrogen) atoms. The fraction of sp³-hybridized carbons (Fsp3) is 0.300. The van der Waals surface area contributed by atoms with Crippen LogP contribution < -0.4 is 10.1 Å². The third kappa shape index (κ3) is 5.23. The van der Waals surface area contributed by atoms with Gasteiger partial charge in [0.05, 0.1) is 13.5 Å². The van der Waals surface area contributed by atoms with Gasteiger partial charge in [0.25, 0.3) is 0 Å². The summed E-state index contributed by atoms with van der Waals surface area (Å²) in [5.74, 6) is 0.386. The van der Waals surface area contributed by atoms with Gasteiger partial charge in [0.15, 0.2) is 0 Å². The van der Waals surface area contributed by atoms with Gasteiger partial charge in [0.1, 0.15) is 11.8 Å². The van der Waals surface area contributed by atoms with Crippen molar-refractivity contribution < 1.29 is 14.3 Å². The van der Waals surface area contributed by atoms with Gasteiger partial charge in [-0.2, -0.15) is 0 Å².